The van der Waals surface area contributed by atoms with Crippen molar-refractivity contribution in [2.24, 2.45) is 5.14 Å². The Morgan fingerprint density at radius 3 is 2.48 bits per heavy atom. The molecule has 1 heterocycles. The minimum Gasteiger partial charge on any atom is -0.454 e. The van der Waals surface area contributed by atoms with Crippen molar-refractivity contribution in [1.29, 1.82) is 0 Å². The zero-order chi connectivity index (χ0) is 22.4. The summed E-state index contributed by atoms with van der Waals surface area (Å²) >= 11 is 7.21. The number of rotatable bonds is 9. The molecule has 0 radical (unpaired) electrons. The largest absolute Gasteiger partial charge is 0.454 e. The first-order chi connectivity index (χ1) is 14.8. The van der Waals surface area contributed by atoms with Crippen LogP contribution in [0.5, 0.6) is 11.5 Å². The van der Waals surface area contributed by atoms with Gasteiger partial charge in [-0.25, -0.2) is 13.6 Å². The molecule has 0 spiro atoms. The first-order valence-electron chi connectivity index (χ1n) is 10.3. The molecule has 31 heavy (non-hydrogen) atoms. The topological polar surface area (TPSA) is 75.9 Å². The SMILES string of the molecule is CN(C)CCCSC(=S)c1cc(N2CCCC2)c(Oc2ccccc2)c(S(N)(=O)=O)c1. The van der Waals surface area contributed by atoms with E-state index in [0.717, 1.165) is 50.3 Å². The number of nitrogens with two attached hydrogens (primary N) is 1. The average Bonchev–Trinajstić information content (AvgIpc) is 3.25. The lowest BCUT2D eigenvalue weighted by molar-refractivity contribution is 0.410. The molecular weight excluding hydrogens is 450 g/mol. The molecule has 0 aliphatic carbocycles. The predicted molar refractivity (Wildman–Crippen MR) is 133 cm³/mol. The van der Waals surface area contributed by atoms with E-state index in [1.807, 2.05) is 38.4 Å². The number of hydrogen-bond donors (Lipinski definition) is 1. The van der Waals surface area contributed by atoms with Gasteiger partial charge in [-0.05, 0) is 64.2 Å². The molecule has 3 rings (SSSR count). The summed E-state index contributed by atoms with van der Waals surface area (Å²) in [6.45, 7) is 2.64. The monoisotopic (exact) mass is 479 g/mol. The van der Waals surface area contributed by atoms with Gasteiger partial charge in [-0.2, -0.15) is 0 Å². The second-order valence-electron chi connectivity index (χ2n) is 7.77. The summed E-state index contributed by atoms with van der Waals surface area (Å²) in [6, 6.07) is 12.6. The lowest BCUT2D eigenvalue weighted by Crippen LogP contribution is -2.21. The van der Waals surface area contributed by atoms with Crippen LogP contribution in [0.1, 0.15) is 24.8 Å². The van der Waals surface area contributed by atoms with Gasteiger partial charge in [-0.3, -0.25) is 0 Å². The van der Waals surface area contributed by atoms with Crippen LogP contribution in [-0.4, -0.2) is 57.0 Å². The molecule has 1 fully saturated rings. The molecule has 2 N–H and O–H groups in total. The average molecular weight is 480 g/mol. The molecule has 0 aromatic heterocycles. The summed E-state index contributed by atoms with van der Waals surface area (Å²) in [7, 11) is 0.0485. The number of benzene rings is 2. The van der Waals surface area contributed by atoms with Gasteiger partial charge in [0.25, 0.3) is 0 Å². The van der Waals surface area contributed by atoms with Gasteiger partial charge in [0.05, 0.1) is 9.88 Å². The van der Waals surface area contributed by atoms with Gasteiger partial charge in [0.15, 0.2) is 5.75 Å². The minimum atomic E-state index is -4.03. The molecule has 1 saturated heterocycles. The molecular formula is C22H29N3O3S3. The smallest absolute Gasteiger partial charge is 0.241 e. The molecule has 6 nitrogen and oxygen atoms in total. The Kier molecular flexibility index (Phi) is 8.35. The fraction of sp³-hybridized carbons (Fsp3) is 0.409. The van der Waals surface area contributed by atoms with E-state index >= 15 is 0 Å². The Balaban J connectivity index is 2.00. The number of thioether (sulfide) groups is 1. The molecule has 168 valence electrons. The maximum absolute atomic E-state index is 12.5. The van der Waals surface area contributed by atoms with E-state index in [1.165, 1.54) is 0 Å². The third kappa shape index (κ3) is 6.66. The van der Waals surface area contributed by atoms with Gasteiger partial charge in [-0.15, -0.1) is 11.8 Å². The molecule has 0 saturated carbocycles. The van der Waals surface area contributed by atoms with Crippen LogP contribution >= 0.6 is 24.0 Å². The van der Waals surface area contributed by atoms with Crippen molar-refractivity contribution in [1.82, 2.24) is 4.90 Å². The molecule has 0 amide bonds. The van der Waals surface area contributed by atoms with Crippen molar-refractivity contribution < 1.29 is 13.2 Å². The Morgan fingerprint density at radius 2 is 1.87 bits per heavy atom. The number of thiocarbonyl (C=S) groups is 1. The van der Waals surface area contributed by atoms with Crippen LogP contribution in [0.15, 0.2) is 47.4 Å². The summed E-state index contributed by atoms with van der Waals surface area (Å²) in [5, 5.41) is 5.62. The fourth-order valence-electron chi connectivity index (χ4n) is 3.45. The van der Waals surface area contributed by atoms with Crippen molar-refractivity contribution >= 4 is 43.9 Å². The highest BCUT2D eigenvalue weighted by atomic mass is 32.2. The number of anilines is 1. The van der Waals surface area contributed by atoms with E-state index in [2.05, 4.69) is 9.80 Å². The third-order valence-electron chi connectivity index (χ3n) is 4.97. The Morgan fingerprint density at radius 1 is 1.19 bits per heavy atom. The van der Waals surface area contributed by atoms with E-state index in [0.29, 0.717) is 15.5 Å². The van der Waals surface area contributed by atoms with Crippen LogP contribution < -0.4 is 14.8 Å². The molecule has 2 aromatic rings. The Hall–Kier alpha value is -1.65. The van der Waals surface area contributed by atoms with Gasteiger partial charge in [-0.1, -0.05) is 30.4 Å². The highest BCUT2D eigenvalue weighted by Crippen LogP contribution is 2.41. The van der Waals surface area contributed by atoms with Crippen molar-refractivity contribution in [3.05, 3.63) is 48.0 Å². The van der Waals surface area contributed by atoms with Crippen LogP contribution in [0.2, 0.25) is 0 Å². The number of sulfonamides is 1. The summed E-state index contributed by atoms with van der Waals surface area (Å²) in [4.78, 5) is 4.24. The van der Waals surface area contributed by atoms with Crippen LogP contribution in [0.4, 0.5) is 5.69 Å². The first-order valence-corrected chi connectivity index (χ1v) is 13.2. The Labute approximate surface area is 194 Å². The van der Waals surface area contributed by atoms with Crippen molar-refractivity contribution in [2.45, 2.75) is 24.2 Å². The number of para-hydroxylation sites is 1. The summed E-state index contributed by atoms with van der Waals surface area (Å²) in [6.07, 6.45) is 3.08. The quantitative estimate of drug-likeness (QED) is 0.429. The van der Waals surface area contributed by atoms with E-state index < -0.39 is 10.0 Å². The van der Waals surface area contributed by atoms with Crippen LogP contribution in [0, 0.1) is 0 Å². The Bertz CT molecular complexity index is 1010. The highest BCUT2D eigenvalue weighted by Gasteiger charge is 2.26. The number of nitrogens with zero attached hydrogens (tertiary/aromatic N) is 2. The van der Waals surface area contributed by atoms with Crippen LogP contribution in [0.3, 0.4) is 0 Å². The summed E-state index contributed by atoms with van der Waals surface area (Å²) < 4.78 is 31.8. The van der Waals surface area contributed by atoms with E-state index in [1.54, 1.807) is 30.0 Å². The molecule has 9 heteroatoms. The van der Waals surface area contributed by atoms with Gasteiger partial charge >= 0.3 is 0 Å². The zero-order valence-corrected chi connectivity index (χ0v) is 20.4. The van der Waals surface area contributed by atoms with E-state index in [4.69, 9.17) is 22.1 Å². The normalized spacial score (nSPS) is 14.3. The number of ether oxygens (including phenoxy) is 1. The first kappa shape index (κ1) is 24.0. The molecule has 1 aliphatic heterocycles. The maximum atomic E-state index is 12.5. The van der Waals surface area contributed by atoms with Gasteiger partial charge in [0.2, 0.25) is 10.0 Å². The van der Waals surface area contributed by atoms with E-state index in [9.17, 15) is 8.42 Å². The highest BCUT2D eigenvalue weighted by molar-refractivity contribution is 8.23. The molecule has 2 aromatic carbocycles. The molecule has 0 bridgehead atoms. The minimum absolute atomic E-state index is 0.0352. The van der Waals surface area contributed by atoms with E-state index in [-0.39, 0.29) is 10.6 Å². The maximum Gasteiger partial charge on any atom is 0.241 e. The summed E-state index contributed by atoms with van der Waals surface area (Å²) in [5.74, 6) is 1.68. The lowest BCUT2D eigenvalue weighted by Gasteiger charge is -2.24. The standard InChI is InChI=1S/C22H29N3O3S3/c1-24(2)11-8-14-30-22(29)17-15-19(25-12-6-7-13-25)21(20(16-17)31(23,26)27)28-18-9-4-3-5-10-18/h3-5,9-10,15-16H,6-8,11-14H2,1-2H3,(H2,23,26,27). The summed E-state index contributed by atoms with van der Waals surface area (Å²) in [5.41, 5.74) is 1.41. The molecule has 0 unspecified atom stereocenters. The predicted octanol–water partition coefficient (Wildman–Crippen LogP) is 4.09. The van der Waals surface area contributed by atoms with Gasteiger partial charge in [0, 0.05) is 24.4 Å². The number of primary sulfonamides is 1. The fourth-order valence-corrected chi connectivity index (χ4v) is 5.25. The van der Waals surface area contributed by atoms with Crippen LogP contribution in [-0.2, 0) is 10.0 Å². The van der Waals surface area contributed by atoms with Crippen LogP contribution in [0.25, 0.3) is 0 Å². The second kappa shape index (κ2) is 10.8. The van der Waals surface area contributed by atoms with Crippen molar-refractivity contribution in [3.8, 4) is 11.5 Å². The molecule has 0 atom stereocenters. The lowest BCUT2D eigenvalue weighted by atomic mass is 10.2. The van der Waals surface area contributed by atoms with Gasteiger partial charge in [0.1, 0.15) is 10.6 Å². The van der Waals surface area contributed by atoms with Crippen molar-refractivity contribution in [3.63, 3.8) is 0 Å². The van der Waals surface area contributed by atoms with Crippen molar-refractivity contribution in [2.75, 3.05) is 44.4 Å². The van der Waals surface area contributed by atoms with Gasteiger partial charge < -0.3 is 14.5 Å². The third-order valence-corrected chi connectivity index (χ3v) is 7.47. The second-order valence-corrected chi connectivity index (χ2v) is 11.1. The molecule has 1 aliphatic rings. The zero-order valence-electron chi connectivity index (χ0n) is 17.9. The number of hydrogen-bond acceptors (Lipinski definition) is 7.